The molecule has 2 aromatic heterocycles. The van der Waals surface area contributed by atoms with E-state index >= 15 is 0 Å². The van der Waals surface area contributed by atoms with E-state index in [1.54, 1.807) is 24.1 Å². The largest absolute Gasteiger partial charge is 0.419 e. The zero-order chi connectivity index (χ0) is 20.3. The van der Waals surface area contributed by atoms with Gasteiger partial charge in [-0.05, 0) is 12.8 Å². The molecule has 1 aliphatic rings. The van der Waals surface area contributed by atoms with Gasteiger partial charge in [0.25, 0.3) is 0 Å². The fourth-order valence-electron chi connectivity index (χ4n) is 3.13. The number of rotatable bonds is 6. The lowest BCUT2D eigenvalue weighted by atomic mass is 10.3. The SMILES string of the molecule is CCCC(=O)N1CCC(n2cc(N(NC)c3ncc(C(F)(F)F)cn3)cn2)C1. The molecule has 28 heavy (non-hydrogen) atoms. The minimum Gasteiger partial charge on any atom is -0.340 e. The molecule has 3 heterocycles. The first-order valence-corrected chi connectivity index (χ1v) is 9.02. The van der Waals surface area contributed by atoms with Gasteiger partial charge in [0, 0.05) is 39.0 Å². The predicted molar refractivity (Wildman–Crippen MR) is 95.6 cm³/mol. The number of alkyl halides is 3. The van der Waals surface area contributed by atoms with Crippen LogP contribution in [0.2, 0.25) is 0 Å². The van der Waals surface area contributed by atoms with Gasteiger partial charge in [-0.3, -0.25) is 9.48 Å². The summed E-state index contributed by atoms with van der Waals surface area (Å²) in [6.45, 7) is 3.26. The number of nitrogens with zero attached hydrogens (tertiary/aromatic N) is 6. The van der Waals surface area contributed by atoms with Crippen LogP contribution in [0, 0.1) is 0 Å². The van der Waals surface area contributed by atoms with Gasteiger partial charge in [0.15, 0.2) is 0 Å². The molecule has 152 valence electrons. The second-order valence-electron chi connectivity index (χ2n) is 6.54. The lowest BCUT2D eigenvalue weighted by Crippen LogP contribution is -2.31. The van der Waals surface area contributed by atoms with E-state index < -0.39 is 11.7 Å². The van der Waals surface area contributed by atoms with Crippen LogP contribution in [0.5, 0.6) is 0 Å². The van der Waals surface area contributed by atoms with Crippen molar-refractivity contribution in [3.63, 3.8) is 0 Å². The van der Waals surface area contributed by atoms with Crippen molar-refractivity contribution < 1.29 is 18.0 Å². The molecule has 1 unspecified atom stereocenters. The van der Waals surface area contributed by atoms with Gasteiger partial charge >= 0.3 is 6.18 Å². The van der Waals surface area contributed by atoms with E-state index in [1.807, 2.05) is 11.8 Å². The summed E-state index contributed by atoms with van der Waals surface area (Å²) < 4.78 is 39.8. The molecule has 1 N–H and O–H groups in total. The lowest BCUT2D eigenvalue weighted by Gasteiger charge is -2.19. The number of likely N-dealkylation sites (tertiary alicyclic amines) is 1. The maximum Gasteiger partial charge on any atom is 0.419 e. The van der Waals surface area contributed by atoms with E-state index in [0.717, 1.165) is 25.2 Å². The van der Waals surface area contributed by atoms with Crippen molar-refractivity contribution in [1.29, 1.82) is 0 Å². The topological polar surface area (TPSA) is 79.2 Å². The molecule has 0 radical (unpaired) electrons. The van der Waals surface area contributed by atoms with E-state index in [4.69, 9.17) is 0 Å². The molecule has 1 fully saturated rings. The Morgan fingerprint density at radius 2 is 2.04 bits per heavy atom. The molecule has 2 aromatic rings. The van der Waals surface area contributed by atoms with Gasteiger partial charge in [0.05, 0.1) is 29.7 Å². The first kappa shape index (κ1) is 20.1. The number of hydrogen-bond donors (Lipinski definition) is 1. The number of hydrazine groups is 1. The van der Waals surface area contributed by atoms with Crippen molar-refractivity contribution in [2.75, 3.05) is 25.1 Å². The smallest absolute Gasteiger partial charge is 0.340 e. The highest BCUT2D eigenvalue weighted by Crippen LogP contribution is 2.29. The molecule has 0 aromatic carbocycles. The second kappa shape index (κ2) is 8.13. The third-order valence-corrected chi connectivity index (χ3v) is 4.59. The summed E-state index contributed by atoms with van der Waals surface area (Å²) >= 11 is 0. The minimum atomic E-state index is -4.49. The number of carbonyl (C=O) groups excluding carboxylic acids is 1. The highest BCUT2D eigenvalue weighted by Gasteiger charge is 2.32. The summed E-state index contributed by atoms with van der Waals surface area (Å²) in [5.41, 5.74) is 2.52. The van der Waals surface area contributed by atoms with Crippen molar-refractivity contribution in [2.24, 2.45) is 0 Å². The summed E-state index contributed by atoms with van der Waals surface area (Å²) in [5.74, 6) is 0.216. The summed E-state index contributed by atoms with van der Waals surface area (Å²) in [4.78, 5) is 21.5. The van der Waals surface area contributed by atoms with E-state index in [-0.39, 0.29) is 17.9 Å². The number of aromatic nitrogens is 4. The maximum atomic E-state index is 12.7. The van der Waals surface area contributed by atoms with E-state index in [2.05, 4.69) is 20.5 Å². The van der Waals surface area contributed by atoms with Crippen LogP contribution in [0.15, 0.2) is 24.8 Å². The number of hydrogen-bond acceptors (Lipinski definition) is 6. The molecule has 11 heteroatoms. The molecule has 1 saturated heterocycles. The van der Waals surface area contributed by atoms with Gasteiger partial charge in [-0.25, -0.2) is 20.4 Å². The average molecular weight is 397 g/mol. The molecular weight excluding hydrogens is 375 g/mol. The molecule has 0 aliphatic carbocycles. The van der Waals surface area contributed by atoms with E-state index in [1.165, 1.54) is 5.01 Å². The van der Waals surface area contributed by atoms with Crippen LogP contribution in [0.4, 0.5) is 24.8 Å². The normalized spacial score (nSPS) is 17.2. The van der Waals surface area contributed by atoms with Gasteiger partial charge in [-0.15, -0.1) is 0 Å². The van der Waals surface area contributed by atoms with Gasteiger partial charge in [0.2, 0.25) is 11.9 Å². The number of halogens is 3. The zero-order valence-electron chi connectivity index (χ0n) is 15.6. The Kier molecular flexibility index (Phi) is 5.82. The van der Waals surface area contributed by atoms with Gasteiger partial charge < -0.3 is 4.90 Å². The first-order valence-electron chi connectivity index (χ1n) is 9.02. The minimum absolute atomic E-state index is 0.0572. The van der Waals surface area contributed by atoms with Gasteiger partial charge in [0.1, 0.15) is 0 Å². The molecule has 0 spiro atoms. The highest BCUT2D eigenvalue weighted by atomic mass is 19.4. The van der Waals surface area contributed by atoms with Crippen molar-refractivity contribution in [1.82, 2.24) is 30.1 Å². The molecule has 1 atom stereocenters. The second-order valence-corrected chi connectivity index (χ2v) is 6.54. The molecule has 8 nitrogen and oxygen atoms in total. The summed E-state index contributed by atoms with van der Waals surface area (Å²) in [6, 6.07) is 0.0572. The van der Waals surface area contributed by atoms with Crippen molar-refractivity contribution in [3.8, 4) is 0 Å². The average Bonchev–Trinajstić information content (AvgIpc) is 3.32. The zero-order valence-corrected chi connectivity index (χ0v) is 15.6. The molecule has 1 aliphatic heterocycles. The fourth-order valence-corrected chi connectivity index (χ4v) is 3.13. The van der Waals surface area contributed by atoms with Crippen LogP contribution < -0.4 is 10.4 Å². The van der Waals surface area contributed by atoms with Crippen LogP contribution >= 0.6 is 0 Å². The molecule has 0 saturated carbocycles. The van der Waals surface area contributed by atoms with Crippen LogP contribution in [-0.4, -0.2) is 50.7 Å². The quantitative estimate of drug-likeness (QED) is 0.755. The van der Waals surface area contributed by atoms with Crippen molar-refractivity contribution in [2.45, 2.75) is 38.4 Å². The van der Waals surface area contributed by atoms with E-state index in [0.29, 0.717) is 25.2 Å². The van der Waals surface area contributed by atoms with Crippen molar-refractivity contribution in [3.05, 3.63) is 30.4 Å². The van der Waals surface area contributed by atoms with Crippen molar-refractivity contribution >= 4 is 17.5 Å². The third-order valence-electron chi connectivity index (χ3n) is 4.59. The fraction of sp³-hybridized carbons (Fsp3) is 0.529. The summed E-state index contributed by atoms with van der Waals surface area (Å²) in [6.07, 6.45) is 2.48. The summed E-state index contributed by atoms with van der Waals surface area (Å²) in [5, 5.41) is 5.79. The Labute approximate surface area is 160 Å². The molecule has 3 rings (SSSR count). The molecule has 0 bridgehead atoms. The van der Waals surface area contributed by atoms with Crippen LogP contribution in [-0.2, 0) is 11.0 Å². The first-order chi connectivity index (χ1) is 13.3. The number of carbonyl (C=O) groups is 1. The number of nitrogens with one attached hydrogen (secondary N) is 1. The molecular formula is C17H22F3N7O. The number of anilines is 2. The Hall–Kier alpha value is -2.69. The van der Waals surface area contributed by atoms with Crippen LogP contribution in [0.25, 0.3) is 0 Å². The van der Waals surface area contributed by atoms with Gasteiger partial charge in [-0.2, -0.15) is 18.3 Å². The lowest BCUT2D eigenvalue weighted by molar-refractivity contribution is -0.138. The van der Waals surface area contributed by atoms with Gasteiger partial charge in [-0.1, -0.05) is 6.92 Å². The Balaban J connectivity index is 1.72. The third kappa shape index (κ3) is 4.24. The Morgan fingerprint density at radius 3 is 2.64 bits per heavy atom. The van der Waals surface area contributed by atoms with E-state index in [9.17, 15) is 18.0 Å². The predicted octanol–water partition coefficient (Wildman–Crippen LogP) is 2.54. The Morgan fingerprint density at radius 1 is 1.32 bits per heavy atom. The molecule has 1 amide bonds. The Bertz CT molecular complexity index is 806. The maximum absolute atomic E-state index is 12.7. The monoisotopic (exact) mass is 397 g/mol. The number of amides is 1. The van der Waals surface area contributed by atoms with Crippen LogP contribution in [0.3, 0.4) is 0 Å². The standard InChI is InChI=1S/C17H22F3N7O/c1-3-4-15(28)25-6-5-13(10-25)26-11-14(9-24-26)27(21-2)16-22-7-12(8-23-16)17(18,19)20/h7-9,11,13,21H,3-6,10H2,1-2H3. The van der Waals surface area contributed by atoms with Crippen LogP contribution in [0.1, 0.15) is 37.8 Å². The summed E-state index contributed by atoms with van der Waals surface area (Å²) in [7, 11) is 1.61. The highest BCUT2D eigenvalue weighted by molar-refractivity contribution is 5.76.